The Morgan fingerprint density at radius 1 is 1.44 bits per heavy atom. The van der Waals surface area contributed by atoms with E-state index >= 15 is 0 Å². The van der Waals surface area contributed by atoms with Crippen LogP contribution in [0.5, 0.6) is 0 Å². The quantitative estimate of drug-likeness (QED) is 0.767. The first-order chi connectivity index (χ1) is 7.63. The zero-order valence-electron chi connectivity index (χ0n) is 8.71. The molecule has 0 unspecified atom stereocenters. The Hall–Kier alpha value is -2.28. The smallest absolute Gasteiger partial charge is 0.126 e. The number of hydrogen-bond acceptors (Lipinski definition) is 2. The Kier molecular flexibility index (Phi) is 2.37. The predicted octanol–water partition coefficient (Wildman–Crippen LogP) is 2.58. The number of nitrogens with zero attached hydrogens (tertiary/aromatic N) is 1. The molecule has 3 nitrogen and oxygen atoms in total. The van der Waals surface area contributed by atoms with Gasteiger partial charge in [-0.3, -0.25) is 0 Å². The van der Waals surface area contributed by atoms with Crippen LogP contribution in [0.1, 0.15) is 11.1 Å². The van der Waals surface area contributed by atoms with Crippen molar-refractivity contribution in [2.24, 2.45) is 0 Å². The predicted molar refractivity (Wildman–Crippen MR) is 60.1 cm³/mol. The maximum Gasteiger partial charge on any atom is 0.126 e. The summed E-state index contributed by atoms with van der Waals surface area (Å²) in [5.74, 6) is 0.0743. The van der Waals surface area contributed by atoms with Crippen LogP contribution >= 0.6 is 0 Å². The number of aromatic nitrogens is 1. The zero-order chi connectivity index (χ0) is 11.7. The number of anilines is 1. The molecule has 0 saturated heterocycles. The lowest BCUT2D eigenvalue weighted by molar-refractivity contribution is 0.619. The highest BCUT2D eigenvalue weighted by Gasteiger charge is 2.11. The number of aromatic amines is 1. The van der Waals surface area contributed by atoms with Gasteiger partial charge in [-0.15, -0.1) is 0 Å². The number of nitrogens with one attached hydrogen (secondary N) is 1. The van der Waals surface area contributed by atoms with Crippen molar-refractivity contribution in [3.8, 4) is 17.2 Å². The number of hydrogen-bond donors (Lipinski definition) is 2. The van der Waals surface area contributed by atoms with E-state index in [9.17, 15) is 4.39 Å². The van der Waals surface area contributed by atoms with Gasteiger partial charge in [-0.25, -0.2) is 4.39 Å². The number of nitriles is 1. The second-order valence-corrected chi connectivity index (χ2v) is 3.57. The highest BCUT2D eigenvalue weighted by atomic mass is 19.1. The van der Waals surface area contributed by atoms with Gasteiger partial charge in [-0.05, 0) is 30.2 Å². The summed E-state index contributed by atoms with van der Waals surface area (Å²) in [7, 11) is 0. The molecule has 2 rings (SSSR count). The van der Waals surface area contributed by atoms with Crippen molar-refractivity contribution in [3.05, 3.63) is 41.3 Å². The molecule has 0 spiro atoms. The molecule has 0 fully saturated rings. The van der Waals surface area contributed by atoms with Crippen LogP contribution in [0.25, 0.3) is 11.1 Å². The van der Waals surface area contributed by atoms with Crippen LogP contribution in [0.15, 0.2) is 24.4 Å². The molecule has 1 aromatic heterocycles. The monoisotopic (exact) mass is 215 g/mol. The fourth-order valence-corrected chi connectivity index (χ4v) is 1.60. The fourth-order valence-electron chi connectivity index (χ4n) is 1.60. The summed E-state index contributed by atoms with van der Waals surface area (Å²) in [5, 5.41) is 8.95. The lowest BCUT2D eigenvalue weighted by atomic mass is 10.0. The first kappa shape index (κ1) is 10.2. The SMILES string of the molecule is Cc1cc(-c2c[nH]c(N)c2C#N)ccc1F. The molecule has 0 bridgehead atoms. The average molecular weight is 215 g/mol. The van der Waals surface area contributed by atoms with E-state index < -0.39 is 0 Å². The number of nitrogen functional groups attached to an aromatic ring is 1. The summed E-state index contributed by atoms with van der Waals surface area (Å²) in [6.07, 6.45) is 1.65. The van der Waals surface area contributed by atoms with Crippen LogP contribution in [0.3, 0.4) is 0 Å². The van der Waals surface area contributed by atoms with E-state index in [0.717, 1.165) is 5.56 Å². The number of aryl methyl sites for hydroxylation is 1. The van der Waals surface area contributed by atoms with Gasteiger partial charge in [-0.2, -0.15) is 5.26 Å². The Bertz CT molecular complexity index is 578. The first-order valence-electron chi connectivity index (χ1n) is 4.77. The van der Waals surface area contributed by atoms with Crippen molar-refractivity contribution < 1.29 is 4.39 Å². The molecule has 3 N–H and O–H groups in total. The Balaban J connectivity index is 2.60. The van der Waals surface area contributed by atoms with Crippen molar-refractivity contribution in [1.82, 2.24) is 4.98 Å². The molecule has 0 radical (unpaired) electrons. The lowest BCUT2D eigenvalue weighted by Gasteiger charge is -2.01. The molecule has 0 aliphatic heterocycles. The standard InChI is InChI=1S/C12H10FN3/c1-7-4-8(2-3-11(7)13)10-6-16-12(15)9(10)5-14/h2-4,6,16H,15H2,1H3. The highest BCUT2D eigenvalue weighted by molar-refractivity contribution is 5.76. The maximum absolute atomic E-state index is 13.1. The summed E-state index contributed by atoms with van der Waals surface area (Å²) >= 11 is 0. The van der Waals surface area contributed by atoms with E-state index in [0.29, 0.717) is 22.5 Å². The number of nitrogens with two attached hydrogens (primary N) is 1. The molecule has 0 aliphatic rings. The molecule has 2 aromatic rings. The molecular formula is C12H10FN3. The third-order valence-electron chi connectivity index (χ3n) is 2.49. The molecule has 16 heavy (non-hydrogen) atoms. The highest BCUT2D eigenvalue weighted by Crippen LogP contribution is 2.28. The minimum atomic E-state index is -0.259. The molecule has 0 saturated carbocycles. The van der Waals surface area contributed by atoms with Crippen molar-refractivity contribution >= 4 is 5.82 Å². The Morgan fingerprint density at radius 3 is 2.81 bits per heavy atom. The van der Waals surface area contributed by atoms with E-state index in [-0.39, 0.29) is 5.82 Å². The summed E-state index contributed by atoms with van der Waals surface area (Å²) in [6.45, 7) is 1.68. The van der Waals surface area contributed by atoms with Crippen LogP contribution in [-0.4, -0.2) is 4.98 Å². The van der Waals surface area contributed by atoms with Gasteiger partial charge < -0.3 is 10.7 Å². The summed E-state index contributed by atoms with van der Waals surface area (Å²) < 4.78 is 13.1. The number of halogens is 1. The first-order valence-corrected chi connectivity index (χ1v) is 4.77. The van der Waals surface area contributed by atoms with E-state index in [1.54, 1.807) is 25.3 Å². The third-order valence-corrected chi connectivity index (χ3v) is 2.49. The van der Waals surface area contributed by atoms with Crippen LogP contribution in [0.2, 0.25) is 0 Å². The maximum atomic E-state index is 13.1. The topological polar surface area (TPSA) is 65.6 Å². The van der Waals surface area contributed by atoms with Gasteiger partial charge in [-0.1, -0.05) is 6.07 Å². The molecular weight excluding hydrogens is 205 g/mol. The van der Waals surface area contributed by atoms with Crippen LogP contribution in [0.4, 0.5) is 10.2 Å². The Labute approximate surface area is 92.3 Å². The van der Waals surface area contributed by atoms with Crippen LogP contribution in [-0.2, 0) is 0 Å². The minimum Gasteiger partial charge on any atom is -0.384 e. The van der Waals surface area contributed by atoms with Crippen molar-refractivity contribution in [1.29, 1.82) is 5.26 Å². The van der Waals surface area contributed by atoms with Gasteiger partial charge in [0.15, 0.2) is 0 Å². The number of rotatable bonds is 1. The van der Waals surface area contributed by atoms with E-state index in [1.165, 1.54) is 6.07 Å². The van der Waals surface area contributed by atoms with Crippen molar-refractivity contribution in [2.75, 3.05) is 5.73 Å². The zero-order valence-corrected chi connectivity index (χ0v) is 8.71. The third kappa shape index (κ3) is 1.52. The molecule has 0 amide bonds. The fraction of sp³-hybridized carbons (Fsp3) is 0.0833. The number of H-pyrrole nitrogens is 1. The van der Waals surface area contributed by atoms with Crippen LogP contribution in [0, 0.1) is 24.1 Å². The van der Waals surface area contributed by atoms with E-state index in [2.05, 4.69) is 4.98 Å². The molecule has 1 aromatic carbocycles. The summed E-state index contributed by atoms with van der Waals surface area (Å²) in [5.41, 5.74) is 8.02. The second kappa shape index (κ2) is 3.70. The summed E-state index contributed by atoms with van der Waals surface area (Å²) in [6, 6.07) is 6.73. The second-order valence-electron chi connectivity index (χ2n) is 3.57. The van der Waals surface area contributed by atoms with Gasteiger partial charge in [0.2, 0.25) is 0 Å². The van der Waals surface area contributed by atoms with Gasteiger partial charge in [0.05, 0.1) is 0 Å². The Morgan fingerprint density at radius 2 is 2.19 bits per heavy atom. The van der Waals surface area contributed by atoms with E-state index in [4.69, 9.17) is 11.0 Å². The lowest BCUT2D eigenvalue weighted by Crippen LogP contribution is -1.88. The van der Waals surface area contributed by atoms with Gasteiger partial charge >= 0.3 is 0 Å². The van der Waals surface area contributed by atoms with Crippen molar-refractivity contribution in [2.45, 2.75) is 6.92 Å². The van der Waals surface area contributed by atoms with E-state index in [1.807, 2.05) is 6.07 Å². The number of benzene rings is 1. The normalized spacial score (nSPS) is 10.1. The van der Waals surface area contributed by atoms with Crippen molar-refractivity contribution in [3.63, 3.8) is 0 Å². The van der Waals surface area contributed by atoms with Crippen LogP contribution < -0.4 is 5.73 Å². The summed E-state index contributed by atoms with van der Waals surface area (Å²) in [4.78, 5) is 2.78. The minimum absolute atomic E-state index is 0.259. The van der Waals surface area contributed by atoms with Gasteiger partial charge in [0, 0.05) is 11.8 Å². The molecule has 0 aliphatic carbocycles. The molecule has 80 valence electrons. The van der Waals surface area contributed by atoms with Gasteiger partial charge in [0.1, 0.15) is 23.3 Å². The largest absolute Gasteiger partial charge is 0.384 e. The average Bonchev–Trinajstić information content (AvgIpc) is 2.63. The molecule has 1 heterocycles. The molecule has 0 atom stereocenters. The van der Waals surface area contributed by atoms with Gasteiger partial charge in [0.25, 0.3) is 0 Å². The molecule has 4 heteroatoms.